The van der Waals surface area contributed by atoms with Crippen LogP contribution in [-0.4, -0.2) is 68.6 Å². The number of methoxy groups -OCH3 is 1. The summed E-state index contributed by atoms with van der Waals surface area (Å²) in [6, 6.07) is 11.3. The van der Waals surface area contributed by atoms with Crippen molar-refractivity contribution < 1.29 is 13.9 Å². The van der Waals surface area contributed by atoms with Crippen LogP contribution in [0.25, 0.3) is 16.9 Å². The van der Waals surface area contributed by atoms with Gasteiger partial charge in [0.05, 0.1) is 29.9 Å². The van der Waals surface area contributed by atoms with Crippen LogP contribution in [0.4, 0.5) is 4.39 Å². The quantitative estimate of drug-likeness (QED) is 0.268. The topological polar surface area (TPSA) is 78.1 Å². The third kappa shape index (κ3) is 5.95. The standard InChI is InChI=1S/C29H32ClFN6O2/c1-19-27(37(23-7-5-4-6-8-23)34-28(19)22-15-33-35(2)16-22)13-24(38)11-21-17-36(9-10-39-3)18-25(21)20-12-26(31)29(30)32-14-20/h4-8,12,14-16,21,25H,9-11,13,17-18H2,1-3H3/t21-,25+/m1/s1. The fourth-order valence-corrected chi connectivity index (χ4v) is 5.58. The van der Waals surface area contributed by atoms with Gasteiger partial charge in [-0.05, 0) is 42.2 Å². The lowest BCUT2D eigenvalue weighted by molar-refractivity contribution is -0.119. The van der Waals surface area contributed by atoms with Gasteiger partial charge in [-0.25, -0.2) is 14.1 Å². The molecule has 2 atom stereocenters. The maximum Gasteiger partial charge on any atom is 0.164 e. The van der Waals surface area contributed by atoms with Gasteiger partial charge in [0.1, 0.15) is 5.78 Å². The van der Waals surface area contributed by atoms with Gasteiger partial charge < -0.3 is 9.64 Å². The zero-order chi connectivity index (χ0) is 27.5. The van der Waals surface area contributed by atoms with Gasteiger partial charge in [0, 0.05) is 70.5 Å². The Hall–Kier alpha value is -3.40. The highest BCUT2D eigenvalue weighted by Crippen LogP contribution is 2.36. The number of aryl methyl sites for hydroxylation is 1. The molecule has 4 aromatic rings. The maximum atomic E-state index is 14.3. The number of carbonyl (C=O) groups excluding carboxylic acids is 1. The normalized spacial score (nSPS) is 17.7. The number of ether oxygens (including phenoxy) is 1. The van der Waals surface area contributed by atoms with Gasteiger partial charge in [0.2, 0.25) is 0 Å². The van der Waals surface area contributed by atoms with Crippen molar-refractivity contribution in [2.45, 2.75) is 25.7 Å². The Kier molecular flexibility index (Phi) is 8.20. The molecule has 0 radical (unpaired) electrons. The predicted octanol–water partition coefficient (Wildman–Crippen LogP) is 4.63. The van der Waals surface area contributed by atoms with Crippen LogP contribution in [0.5, 0.6) is 0 Å². The first-order valence-electron chi connectivity index (χ1n) is 13.0. The zero-order valence-electron chi connectivity index (χ0n) is 22.3. The Balaban J connectivity index is 1.42. The summed E-state index contributed by atoms with van der Waals surface area (Å²) in [6.07, 6.45) is 5.94. The number of benzene rings is 1. The van der Waals surface area contributed by atoms with E-state index in [0.29, 0.717) is 19.6 Å². The molecule has 39 heavy (non-hydrogen) atoms. The molecule has 8 nitrogen and oxygen atoms in total. The minimum absolute atomic E-state index is 0.0166. The van der Waals surface area contributed by atoms with Crippen LogP contribution in [-0.2, 0) is 23.0 Å². The number of Topliss-reactive ketones (excluding diaryl/α,β-unsaturated/α-hetero) is 1. The van der Waals surface area contributed by atoms with E-state index in [1.165, 1.54) is 6.07 Å². The molecule has 204 valence electrons. The number of hydrogen-bond acceptors (Lipinski definition) is 6. The summed E-state index contributed by atoms with van der Waals surface area (Å²) in [4.78, 5) is 19.9. The monoisotopic (exact) mass is 550 g/mol. The van der Waals surface area contributed by atoms with Crippen molar-refractivity contribution in [2.75, 3.05) is 33.4 Å². The van der Waals surface area contributed by atoms with E-state index in [1.54, 1.807) is 24.2 Å². The SMILES string of the molecule is COCCN1C[C@@H](CC(=O)Cc2c(C)c(-c3cnn(C)c3)nn2-c2ccccc2)[C@H](c2cnc(Cl)c(F)c2)C1. The lowest BCUT2D eigenvalue weighted by Crippen LogP contribution is -2.25. The van der Waals surface area contributed by atoms with Crippen molar-refractivity contribution in [3.05, 3.63) is 82.8 Å². The van der Waals surface area contributed by atoms with E-state index in [9.17, 15) is 9.18 Å². The van der Waals surface area contributed by atoms with Crippen LogP contribution in [0.15, 0.2) is 55.0 Å². The van der Waals surface area contributed by atoms with E-state index < -0.39 is 5.82 Å². The molecule has 0 bridgehead atoms. The van der Waals surface area contributed by atoms with E-state index in [4.69, 9.17) is 21.4 Å². The van der Waals surface area contributed by atoms with Gasteiger partial charge in [0.15, 0.2) is 11.0 Å². The predicted molar refractivity (Wildman–Crippen MR) is 148 cm³/mol. The Bertz CT molecular complexity index is 1450. The maximum absolute atomic E-state index is 14.3. The number of rotatable bonds is 10. The summed E-state index contributed by atoms with van der Waals surface area (Å²) in [5.74, 6) is -0.446. The van der Waals surface area contributed by atoms with Crippen LogP contribution < -0.4 is 0 Å². The molecule has 5 rings (SSSR count). The molecule has 0 spiro atoms. The fraction of sp³-hybridized carbons (Fsp3) is 0.379. The van der Waals surface area contributed by atoms with Gasteiger partial charge in [-0.1, -0.05) is 29.8 Å². The zero-order valence-corrected chi connectivity index (χ0v) is 23.1. The smallest absolute Gasteiger partial charge is 0.164 e. The molecule has 1 fully saturated rings. The summed E-state index contributed by atoms with van der Waals surface area (Å²) in [5, 5.41) is 9.06. The van der Waals surface area contributed by atoms with Gasteiger partial charge in [0.25, 0.3) is 0 Å². The van der Waals surface area contributed by atoms with Crippen LogP contribution in [0, 0.1) is 18.7 Å². The molecule has 1 saturated heterocycles. The molecule has 0 saturated carbocycles. The Labute approximate surface area is 232 Å². The highest BCUT2D eigenvalue weighted by atomic mass is 35.5. The molecule has 10 heteroatoms. The van der Waals surface area contributed by atoms with Crippen molar-refractivity contribution in [2.24, 2.45) is 13.0 Å². The molecule has 0 aliphatic carbocycles. The second-order valence-electron chi connectivity index (χ2n) is 10.2. The summed E-state index contributed by atoms with van der Waals surface area (Å²) in [6.45, 7) is 4.77. The number of pyridine rings is 1. The third-order valence-electron chi connectivity index (χ3n) is 7.45. The van der Waals surface area contributed by atoms with Gasteiger partial charge in [-0.2, -0.15) is 10.2 Å². The number of likely N-dealkylation sites (tertiary alicyclic amines) is 1. The van der Waals surface area contributed by atoms with Crippen molar-refractivity contribution >= 4 is 17.4 Å². The first kappa shape index (κ1) is 27.2. The molecule has 0 amide bonds. The van der Waals surface area contributed by atoms with Crippen molar-refractivity contribution in [3.8, 4) is 16.9 Å². The van der Waals surface area contributed by atoms with Crippen molar-refractivity contribution in [1.82, 2.24) is 29.4 Å². The Morgan fingerprint density at radius 3 is 2.69 bits per heavy atom. The van der Waals surface area contributed by atoms with E-state index in [1.807, 2.05) is 55.2 Å². The van der Waals surface area contributed by atoms with E-state index in [-0.39, 0.29) is 29.2 Å². The molecule has 1 aromatic carbocycles. The lowest BCUT2D eigenvalue weighted by Gasteiger charge is -2.18. The molecule has 1 aliphatic rings. The first-order valence-corrected chi connectivity index (χ1v) is 13.4. The molecule has 0 unspecified atom stereocenters. The molecular weight excluding hydrogens is 519 g/mol. The van der Waals surface area contributed by atoms with Crippen LogP contribution >= 0.6 is 11.6 Å². The molecule has 4 heterocycles. The number of ketones is 1. The van der Waals surface area contributed by atoms with Crippen LogP contribution in [0.1, 0.15) is 29.2 Å². The van der Waals surface area contributed by atoms with E-state index in [0.717, 1.165) is 46.9 Å². The number of hydrogen-bond donors (Lipinski definition) is 0. The first-order chi connectivity index (χ1) is 18.8. The highest BCUT2D eigenvalue weighted by molar-refractivity contribution is 6.29. The molecule has 1 aliphatic heterocycles. The number of carbonyl (C=O) groups is 1. The van der Waals surface area contributed by atoms with Crippen LogP contribution in [0.2, 0.25) is 5.15 Å². The van der Waals surface area contributed by atoms with Crippen molar-refractivity contribution in [3.63, 3.8) is 0 Å². The summed E-state index contributed by atoms with van der Waals surface area (Å²) < 4.78 is 23.2. The van der Waals surface area contributed by atoms with E-state index >= 15 is 0 Å². The summed E-state index contributed by atoms with van der Waals surface area (Å²) >= 11 is 5.84. The highest BCUT2D eigenvalue weighted by Gasteiger charge is 2.36. The second-order valence-corrected chi connectivity index (χ2v) is 10.5. The average Bonchev–Trinajstić information content (AvgIpc) is 3.62. The van der Waals surface area contributed by atoms with Crippen LogP contribution in [0.3, 0.4) is 0 Å². The Morgan fingerprint density at radius 2 is 2.00 bits per heavy atom. The summed E-state index contributed by atoms with van der Waals surface area (Å²) in [5.41, 5.74) is 5.18. The molecule has 0 N–H and O–H groups in total. The largest absolute Gasteiger partial charge is 0.383 e. The minimum atomic E-state index is -0.542. The second kappa shape index (κ2) is 11.8. The van der Waals surface area contributed by atoms with Gasteiger partial charge in [-0.15, -0.1) is 0 Å². The fourth-order valence-electron chi connectivity index (χ4n) is 5.48. The number of aromatic nitrogens is 5. The van der Waals surface area contributed by atoms with Gasteiger partial charge >= 0.3 is 0 Å². The number of halogens is 2. The Morgan fingerprint density at radius 1 is 1.21 bits per heavy atom. The number of nitrogens with zero attached hydrogens (tertiary/aromatic N) is 6. The summed E-state index contributed by atoms with van der Waals surface area (Å²) in [7, 11) is 3.54. The minimum Gasteiger partial charge on any atom is -0.383 e. The number of para-hydroxylation sites is 1. The van der Waals surface area contributed by atoms with Gasteiger partial charge in [-0.3, -0.25) is 9.48 Å². The van der Waals surface area contributed by atoms with E-state index in [2.05, 4.69) is 15.0 Å². The molecular formula is C29H32ClFN6O2. The third-order valence-corrected chi connectivity index (χ3v) is 7.73. The average molecular weight is 551 g/mol. The lowest BCUT2D eigenvalue weighted by atomic mass is 9.85. The van der Waals surface area contributed by atoms with Crippen molar-refractivity contribution in [1.29, 1.82) is 0 Å². The molecule has 3 aromatic heterocycles.